The molecule has 8 nitrogen and oxygen atoms in total. The van der Waals surface area contributed by atoms with Gasteiger partial charge in [-0.2, -0.15) is 0 Å². The van der Waals surface area contributed by atoms with Gasteiger partial charge in [0.05, 0.1) is 0 Å². The number of pyridine rings is 1. The van der Waals surface area contributed by atoms with Gasteiger partial charge in [0.25, 0.3) is 0 Å². The minimum Gasteiger partial charge on any atom is -0.504 e. The number of hydrogen-bond donors (Lipinski definition) is 3. The van der Waals surface area contributed by atoms with E-state index < -0.39 is 23.8 Å². The van der Waals surface area contributed by atoms with Crippen molar-refractivity contribution >= 4 is 28.6 Å². The van der Waals surface area contributed by atoms with Gasteiger partial charge in [0, 0.05) is 31.5 Å². The van der Waals surface area contributed by atoms with Crippen molar-refractivity contribution in [3.05, 3.63) is 48.2 Å². The predicted octanol–water partition coefficient (Wildman–Crippen LogP) is 2.30. The number of thioether (sulfide) groups is 1. The molecule has 2 heterocycles. The zero-order valence-electron chi connectivity index (χ0n) is 17.7. The minimum absolute atomic E-state index is 0.0425. The van der Waals surface area contributed by atoms with E-state index in [0.29, 0.717) is 30.0 Å². The van der Waals surface area contributed by atoms with Crippen LogP contribution in [0.2, 0.25) is 0 Å². The van der Waals surface area contributed by atoms with Crippen LogP contribution in [0.5, 0.6) is 11.5 Å². The Morgan fingerprint density at radius 2 is 1.97 bits per heavy atom. The van der Waals surface area contributed by atoms with E-state index >= 15 is 0 Å². The molecule has 170 valence electrons. The molecule has 9 heteroatoms. The van der Waals surface area contributed by atoms with Crippen LogP contribution in [0.15, 0.2) is 47.6 Å². The van der Waals surface area contributed by atoms with E-state index in [1.54, 1.807) is 31.3 Å². The van der Waals surface area contributed by atoms with Gasteiger partial charge in [0.1, 0.15) is 17.2 Å². The Morgan fingerprint density at radius 1 is 1.19 bits per heavy atom. The van der Waals surface area contributed by atoms with Crippen molar-refractivity contribution < 1.29 is 29.7 Å². The summed E-state index contributed by atoms with van der Waals surface area (Å²) in [4.78, 5) is 43.8. The van der Waals surface area contributed by atoms with Crippen LogP contribution in [0.1, 0.15) is 31.7 Å². The molecule has 1 aliphatic heterocycles. The standard InChI is InChI=1S/C23H26N2O6S/c1-14(11-18(27)20(29)13-15-7-8-17(26)19(28)12-15)22(30)25-10-4-5-16(25)23(31)32-21-6-2-3-9-24-21/h2-3,6-9,12,14,16,20,26,28-29H,4-5,10-11,13H2,1H3. The van der Waals surface area contributed by atoms with Crippen LogP contribution in [-0.4, -0.2) is 60.7 Å². The normalized spacial score (nSPS) is 17.7. The van der Waals surface area contributed by atoms with Gasteiger partial charge >= 0.3 is 0 Å². The molecular formula is C23H26N2O6S. The third-order valence-electron chi connectivity index (χ3n) is 5.42. The Kier molecular flexibility index (Phi) is 7.87. The van der Waals surface area contributed by atoms with Gasteiger partial charge in [-0.3, -0.25) is 14.4 Å². The lowest BCUT2D eigenvalue weighted by Crippen LogP contribution is -2.43. The second-order valence-corrected chi connectivity index (χ2v) is 8.92. The summed E-state index contributed by atoms with van der Waals surface area (Å²) in [6, 6.07) is 8.79. The largest absolute Gasteiger partial charge is 0.504 e. The van der Waals surface area contributed by atoms with Gasteiger partial charge in [0.2, 0.25) is 11.0 Å². The molecule has 1 saturated heterocycles. The van der Waals surface area contributed by atoms with Crippen molar-refractivity contribution in [3.63, 3.8) is 0 Å². The van der Waals surface area contributed by atoms with E-state index in [-0.39, 0.29) is 35.4 Å². The van der Waals surface area contributed by atoms with E-state index in [4.69, 9.17) is 0 Å². The summed E-state index contributed by atoms with van der Waals surface area (Å²) in [5, 5.41) is 29.6. The van der Waals surface area contributed by atoms with Crippen molar-refractivity contribution in [2.45, 2.75) is 49.8 Å². The maximum absolute atomic E-state index is 13.0. The maximum Gasteiger partial charge on any atom is 0.226 e. The van der Waals surface area contributed by atoms with Gasteiger partial charge < -0.3 is 20.2 Å². The smallest absolute Gasteiger partial charge is 0.226 e. The number of aromatic nitrogens is 1. The second-order valence-electron chi connectivity index (χ2n) is 7.89. The topological polar surface area (TPSA) is 128 Å². The predicted molar refractivity (Wildman–Crippen MR) is 118 cm³/mol. The zero-order valence-corrected chi connectivity index (χ0v) is 18.5. The first-order valence-electron chi connectivity index (χ1n) is 10.4. The number of phenolic OH excluding ortho intramolecular Hbond substituents is 2. The molecule has 0 aliphatic carbocycles. The van der Waals surface area contributed by atoms with Gasteiger partial charge in [-0.1, -0.05) is 19.1 Å². The number of aliphatic hydroxyl groups is 1. The van der Waals surface area contributed by atoms with Crippen LogP contribution in [-0.2, 0) is 20.8 Å². The molecule has 1 aromatic carbocycles. The lowest BCUT2D eigenvalue weighted by molar-refractivity contribution is -0.141. The molecule has 1 aliphatic rings. The van der Waals surface area contributed by atoms with Crippen LogP contribution in [0.3, 0.4) is 0 Å². The average Bonchev–Trinajstić information content (AvgIpc) is 3.26. The summed E-state index contributed by atoms with van der Waals surface area (Å²) < 4.78 is 0. The van der Waals surface area contributed by atoms with Gasteiger partial charge in [-0.15, -0.1) is 0 Å². The number of amides is 1. The number of carbonyl (C=O) groups excluding carboxylic acids is 3. The molecule has 3 atom stereocenters. The number of aromatic hydroxyl groups is 2. The average molecular weight is 459 g/mol. The number of nitrogens with zero attached hydrogens (tertiary/aromatic N) is 2. The fourth-order valence-electron chi connectivity index (χ4n) is 3.70. The molecule has 1 aromatic heterocycles. The molecular weight excluding hydrogens is 432 g/mol. The summed E-state index contributed by atoms with van der Waals surface area (Å²) in [5.74, 6) is -2.09. The zero-order chi connectivity index (χ0) is 23.3. The second kappa shape index (κ2) is 10.6. The van der Waals surface area contributed by atoms with Crippen molar-refractivity contribution in [2.75, 3.05) is 6.54 Å². The number of likely N-dealkylation sites (tertiary alicyclic amines) is 1. The number of ketones is 1. The summed E-state index contributed by atoms with van der Waals surface area (Å²) >= 11 is 1.01. The number of benzene rings is 1. The highest BCUT2D eigenvalue weighted by atomic mass is 32.2. The summed E-state index contributed by atoms with van der Waals surface area (Å²) in [5.41, 5.74) is 0.483. The van der Waals surface area contributed by atoms with E-state index in [9.17, 15) is 29.7 Å². The Labute approximate surface area is 190 Å². The highest BCUT2D eigenvalue weighted by Gasteiger charge is 2.37. The van der Waals surface area contributed by atoms with E-state index in [2.05, 4.69) is 4.98 Å². The summed E-state index contributed by atoms with van der Waals surface area (Å²) in [6.45, 7) is 2.07. The van der Waals surface area contributed by atoms with Crippen molar-refractivity contribution in [1.29, 1.82) is 0 Å². The molecule has 3 unspecified atom stereocenters. The first kappa shape index (κ1) is 23.7. The molecule has 0 spiro atoms. The Morgan fingerprint density at radius 3 is 2.66 bits per heavy atom. The number of hydrogen-bond acceptors (Lipinski definition) is 8. The molecule has 32 heavy (non-hydrogen) atoms. The molecule has 3 N–H and O–H groups in total. The van der Waals surface area contributed by atoms with Crippen molar-refractivity contribution in [3.8, 4) is 11.5 Å². The fraction of sp³-hybridized carbons (Fsp3) is 0.391. The minimum atomic E-state index is -1.34. The third-order valence-corrected chi connectivity index (χ3v) is 6.34. The van der Waals surface area contributed by atoms with Gasteiger partial charge in [-0.25, -0.2) is 4.98 Å². The van der Waals surface area contributed by atoms with Gasteiger partial charge in [-0.05, 0) is 54.4 Å². The number of Topliss-reactive ketones (excluding diaryl/α,β-unsaturated/α-hetero) is 1. The third kappa shape index (κ3) is 5.86. The fourth-order valence-corrected chi connectivity index (χ4v) is 4.54. The molecule has 0 bridgehead atoms. The first-order valence-corrected chi connectivity index (χ1v) is 11.2. The van der Waals surface area contributed by atoms with Crippen LogP contribution >= 0.6 is 11.8 Å². The van der Waals surface area contributed by atoms with E-state index in [0.717, 1.165) is 11.8 Å². The van der Waals surface area contributed by atoms with Crippen LogP contribution in [0.4, 0.5) is 0 Å². The Balaban J connectivity index is 1.56. The first-order chi connectivity index (χ1) is 15.3. The number of rotatable bonds is 8. The van der Waals surface area contributed by atoms with Crippen LogP contribution in [0, 0.1) is 5.92 Å². The van der Waals surface area contributed by atoms with E-state index in [1.807, 2.05) is 0 Å². The van der Waals surface area contributed by atoms with E-state index in [1.165, 1.54) is 23.1 Å². The van der Waals surface area contributed by atoms with Crippen molar-refractivity contribution in [2.24, 2.45) is 5.92 Å². The molecule has 1 amide bonds. The summed E-state index contributed by atoms with van der Waals surface area (Å²) in [7, 11) is 0. The monoisotopic (exact) mass is 458 g/mol. The van der Waals surface area contributed by atoms with Crippen LogP contribution < -0.4 is 0 Å². The number of phenols is 2. The van der Waals surface area contributed by atoms with Crippen molar-refractivity contribution in [1.82, 2.24) is 9.88 Å². The molecule has 0 saturated carbocycles. The molecule has 1 fully saturated rings. The molecule has 0 radical (unpaired) electrons. The Bertz CT molecular complexity index is 984. The van der Waals surface area contributed by atoms with Crippen LogP contribution in [0.25, 0.3) is 0 Å². The SMILES string of the molecule is CC(CC(=O)C(O)Cc1ccc(O)c(O)c1)C(=O)N1CCCC1C(=O)Sc1ccccn1. The lowest BCUT2D eigenvalue weighted by atomic mass is 9.96. The highest BCUT2D eigenvalue weighted by Crippen LogP contribution is 2.29. The quantitative estimate of drug-likeness (QED) is 0.406. The lowest BCUT2D eigenvalue weighted by Gasteiger charge is -2.26. The number of aliphatic hydroxyl groups excluding tert-OH is 1. The summed E-state index contributed by atoms with van der Waals surface area (Å²) in [6.07, 6.45) is 1.33. The molecule has 2 aromatic rings. The highest BCUT2D eigenvalue weighted by molar-refractivity contribution is 8.13. The molecule has 3 rings (SSSR count). The maximum atomic E-state index is 13.0. The van der Waals surface area contributed by atoms with Gasteiger partial charge in [0.15, 0.2) is 17.3 Å². The Hall–Kier alpha value is -2.91. The number of carbonyl (C=O) groups is 3.